The maximum Gasteiger partial charge on any atom is 0.00563 e. The molecule has 0 amide bonds. The first-order valence-electron chi connectivity index (χ1n) is 13.3. The predicted octanol–water partition coefficient (Wildman–Crippen LogP) is 8.61. The molecule has 1 atom stereocenters. The minimum Gasteiger partial charge on any atom is -0.0912 e. The molecule has 1 aliphatic rings. The zero-order valence-electron chi connectivity index (χ0n) is 21.6. The summed E-state index contributed by atoms with van der Waals surface area (Å²) >= 11 is 0. The smallest absolute Gasteiger partial charge is 0.00563 e. The van der Waals surface area contributed by atoms with E-state index in [1.54, 1.807) is 0 Å². The molecule has 4 aromatic carbocycles. The summed E-state index contributed by atoms with van der Waals surface area (Å²) in [5.41, 5.74) is 9.15. The molecule has 0 radical (unpaired) electrons. The van der Waals surface area contributed by atoms with Gasteiger partial charge in [0, 0.05) is 5.92 Å². The lowest BCUT2D eigenvalue weighted by Crippen LogP contribution is -2.21. The maximum atomic E-state index is 4.16. The van der Waals surface area contributed by atoms with E-state index in [1.807, 2.05) is 6.07 Å². The van der Waals surface area contributed by atoms with Crippen molar-refractivity contribution in [3.63, 3.8) is 0 Å². The van der Waals surface area contributed by atoms with Gasteiger partial charge in [-0.25, -0.2) is 0 Å². The van der Waals surface area contributed by atoms with Gasteiger partial charge in [0.15, 0.2) is 0 Å². The van der Waals surface area contributed by atoms with Crippen molar-refractivity contribution in [1.29, 1.82) is 0 Å². The van der Waals surface area contributed by atoms with E-state index >= 15 is 0 Å². The quantitative estimate of drug-likeness (QED) is 0.249. The van der Waals surface area contributed by atoms with Gasteiger partial charge in [0.2, 0.25) is 0 Å². The van der Waals surface area contributed by atoms with E-state index in [1.165, 1.54) is 44.2 Å². The van der Waals surface area contributed by atoms with Crippen LogP contribution in [0.2, 0.25) is 0 Å². The van der Waals surface area contributed by atoms with Crippen LogP contribution >= 0.6 is 0 Å². The third-order valence-electron chi connectivity index (χ3n) is 7.15. The number of hydrogen-bond donors (Lipinski definition) is 0. The van der Waals surface area contributed by atoms with Gasteiger partial charge in [0.1, 0.15) is 0 Å². The van der Waals surface area contributed by atoms with Gasteiger partial charge in [-0.2, -0.15) is 0 Å². The van der Waals surface area contributed by atoms with Crippen molar-refractivity contribution in [2.45, 2.75) is 32.1 Å². The molecule has 4 aromatic rings. The van der Waals surface area contributed by atoms with E-state index < -0.39 is 0 Å². The van der Waals surface area contributed by atoms with Gasteiger partial charge in [-0.15, -0.1) is 0 Å². The summed E-state index contributed by atoms with van der Waals surface area (Å²) in [4.78, 5) is 0. The molecule has 0 aliphatic heterocycles. The molecule has 0 heteroatoms. The summed E-state index contributed by atoms with van der Waals surface area (Å²) in [6.45, 7) is 6.41. The van der Waals surface area contributed by atoms with Crippen LogP contribution in [0.1, 0.15) is 37.7 Å². The summed E-state index contributed by atoms with van der Waals surface area (Å²) in [6.07, 6.45) is 14.8. The average Bonchev–Trinajstić information content (AvgIpc) is 2.97. The van der Waals surface area contributed by atoms with Gasteiger partial charge in [0.05, 0.1) is 0 Å². The van der Waals surface area contributed by atoms with Crippen molar-refractivity contribution in [3.8, 4) is 22.3 Å². The molecule has 0 N–H and O–H groups in total. The zero-order valence-corrected chi connectivity index (χ0v) is 21.6. The van der Waals surface area contributed by atoms with Crippen molar-refractivity contribution in [2.24, 2.45) is 0 Å². The Morgan fingerprint density at radius 3 is 2.16 bits per heavy atom. The molecule has 0 spiro atoms. The Labute approximate surface area is 221 Å². The second-order valence-electron chi connectivity index (χ2n) is 9.74. The van der Waals surface area contributed by atoms with Gasteiger partial charge in [-0.3, -0.25) is 0 Å². The first-order chi connectivity index (χ1) is 18.2. The largest absolute Gasteiger partial charge is 0.0912 e. The fraction of sp³-hybridized carbons (Fsp3) is 0.135. The fourth-order valence-electron chi connectivity index (χ4n) is 5.02. The third-order valence-corrected chi connectivity index (χ3v) is 7.15. The molecule has 1 unspecified atom stereocenters. The summed E-state index contributed by atoms with van der Waals surface area (Å²) in [7, 11) is 0. The highest BCUT2D eigenvalue weighted by Crippen LogP contribution is 2.33. The van der Waals surface area contributed by atoms with E-state index in [4.69, 9.17) is 0 Å². The summed E-state index contributed by atoms with van der Waals surface area (Å²) < 4.78 is 0. The number of allylic oxidation sites excluding steroid dienone is 6. The molecule has 0 saturated carbocycles. The molecule has 182 valence electrons. The van der Waals surface area contributed by atoms with Crippen LogP contribution < -0.4 is 10.4 Å². The molecule has 0 saturated heterocycles. The highest BCUT2D eigenvalue weighted by molar-refractivity contribution is 5.71. The average molecular weight is 479 g/mol. The molecule has 37 heavy (non-hydrogen) atoms. The lowest BCUT2D eigenvalue weighted by Gasteiger charge is -2.19. The van der Waals surface area contributed by atoms with E-state index in [2.05, 4.69) is 141 Å². The Kier molecular flexibility index (Phi) is 7.77. The van der Waals surface area contributed by atoms with Crippen LogP contribution in [0, 0.1) is 0 Å². The first kappa shape index (κ1) is 24.5. The highest BCUT2D eigenvalue weighted by Gasteiger charge is 2.14. The van der Waals surface area contributed by atoms with Crippen LogP contribution in [0.5, 0.6) is 0 Å². The van der Waals surface area contributed by atoms with Crippen molar-refractivity contribution in [3.05, 3.63) is 155 Å². The molecule has 0 heterocycles. The zero-order chi connectivity index (χ0) is 25.5. The molecule has 0 nitrogen and oxygen atoms in total. The Morgan fingerprint density at radius 2 is 1.46 bits per heavy atom. The summed E-state index contributed by atoms with van der Waals surface area (Å²) in [5, 5.41) is 2.25. The first-order valence-corrected chi connectivity index (χ1v) is 13.3. The Morgan fingerprint density at radius 1 is 0.784 bits per heavy atom. The van der Waals surface area contributed by atoms with Gasteiger partial charge in [-0.1, -0.05) is 153 Å². The fourth-order valence-corrected chi connectivity index (χ4v) is 5.02. The molecular formula is C37H34. The molecule has 1 aliphatic carbocycles. The molecule has 5 rings (SSSR count). The third kappa shape index (κ3) is 5.98. The van der Waals surface area contributed by atoms with Gasteiger partial charge in [-0.05, 0) is 62.2 Å². The van der Waals surface area contributed by atoms with Crippen LogP contribution in [0.3, 0.4) is 0 Å². The SMILES string of the molecule is C=c1cccc/c1=C/C=C(\CCC)C1=CCC(c2cccc(-c3ccc(-c4ccccc4)cc3)c2)C=C1. The van der Waals surface area contributed by atoms with Gasteiger partial charge in [0.25, 0.3) is 0 Å². The number of rotatable bonds is 7. The number of hydrogen-bond acceptors (Lipinski definition) is 0. The van der Waals surface area contributed by atoms with E-state index in [0.29, 0.717) is 5.92 Å². The van der Waals surface area contributed by atoms with Crippen LogP contribution in [-0.2, 0) is 0 Å². The lowest BCUT2D eigenvalue weighted by atomic mass is 9.86. The lowest BCUT2D eigenvalue weighted by molar-refractivity contribution is 0.837. The maximum absolute atomic E-state index is 4.16. The Hall–Kier alpha value is -4.16. The van der Waals surface area contributed by atoms with Gasteiger partial charge >= 0.3 is 0 Å². The number of benzene rings is 4. The van der Waals surface area contributed by atoms with Crippen LogP contribution in [0.25, 0.3) is 34.9 Å². The van der Waals surface area contributed by atoms with Crippen molar-refractivity contribution < 1.29 is 0 Å². The van der Waals surface area contributed by atoms with Crippen LogP contribution in [-0.4, -0.2) is 0 Å². The van der Waals surface area contributed by atoms with Crippen molar-refractivity contribution in [2.75, 3.05) is 0 Å². The topological polar surface area (TPSA) is 0 Å². The second kappa shape index (κ2) is 11.7. The minimum absolute atomic E-state index is 0.403. The Bertz CT molecular complexity index is 1550. The molecule has 0 bridgehead atoms. The predicted molar refractivity (Wildman–Crippen MR) is 161 cm³/mol. The van der Waals surface area contributed by atoms with E-state index in [9.17, 15) is 0 Å². The Balaban J connectivity index is 1.33. The summed E-state index contributed by atoms with van der Waals surface area (Å²) in [6, 6.07) is 36.8. The van der Waals surface area contributed by atoms with Gasteiger partial charge < -0.3 is 0 Å². The van der Waals surface area contributed by atoms with Crippen molar-refractivity contribution >= 4 is 12.7 Å². The normalized spacial score (nSPS) is 16.0. The van der Waals surface area contributed by atoms with E-state index in [0.717, 1.165) is 24.5 Å². The molecular weight excluding hydrogens is 444 g/mol. The summed E-state index contributed by atoms with van der Waals surface area (Å²) in [5.74, 6) is 0.403. The van der Waals surface area contributed by atoms with E-state index in [-0.39, 0.29) is 0 Å². The second-order valence-corrected chi connectivity index (χ2v) is 9.74. The minimum atomic E-state index is 0.403. The molecule has 0 fully saturated rings. The van der Waals surface area contributed by atoms with Crippen LogP contribution in [0.4, 0.5) is 0 Å². The standard InChI is InChI=1S/C37H34/c1-3-10-30(18-17-29-12-8-7-11-28(29)2)32-19-23-34(24-20-32)36-15-9-16-37(27-36)35-25-21-33(22-26-35)31-13-5-4-6-14-31/h4-9,11-23,25-27,34H,2-3,10,24H2,1H3/b29-17-,30-18+. The van der Waals surface area contributed by atoms with Crippen LogP contribution in [0.15, 0.2) is 139 Å². The molecule has 0 aromatic heterocycles. The van der Waals surface area contributed by atoms with Crippen molar-refractivity contribution in [1.82, 2.24) is 0 Å². The monoisotopic (exact) mass is 478 g/mol. The highest BCUT2D eigenvalue weighted by atomic mass is 14.2.